The molecule has 1 saturated heterocycles. The minimum Gasteiger partial charge on any atom is -0.372 e. The number of rotatable bonds is 8. The SMILES string of the molecule is CCCCOC(CN1CCCCC1)c1ccc(C2CCCC2)cc1. The molecule has 1 atom stereocenters. The average molecular weight is 330 g/mol. The van der Waals surface area contributed by atoms with Crippen molar-refractivity contribution >= 4 is 0 Å². The van der Waals surface area contributed by atoms with Crippen molar-refractivity contribution in [3.8, 4) is 0 Å². The van der Waals surface area contributed by atoms with Crippen LogP contribution in [0.25, 0.3) is 0 Å². The number of ether oxygens (including phenoxy) is 1. The molecule has 2 aliphatic rings. The monoisotopic (exact) mass is 329 g/mol. The fourth-order valence-corrected chi connectivity index (χ4v) is 4.24. The quantitative estimate of drug-likeness (QED) is 0.568. The molecule has 2 nitrogen and oxygen atoms in total. The first-order valence-corrected chi connectivity index (χ1v) is 10.3. The molecule has 1 heterocycles. The fraction of sp³-hybridized carbons (Fsp3) is 0.727. The fourth-order valence-electron chi connectivity index (χ4n) is 4.24. The summed E-state index contributed by atoms with van der Waals surface area (Å²) in [5.74, 6) is 0.806. The number of unbranched alkanes of at least 4 members (excludes halogenated alkanes) is 1. The Balaban J connectivity index is 1.63. The van der Waals surface area contributed by atoms with Gasteiger partial charge in [0.15, 0.2) is 0 Å². The molecule has 0 amide bonds. The van der Waals surface area contributed by atoms with E-state index in [0.29, 0.717) is 0 Å². The van der Waals surface area contributed by atoms with Gasteiger partial charge in [0.1, 0.15) is 0 Å². The Morgan fingerprint density at radius 2 is 1.71 bits per heavy atom. The molecule has 1 aromatic rings. The molecule has 1 aliphatic carbocycles. The third kappa shape index (κ3) is 5.07. The lowest BCUT2D eigenvalue weighted by Gasteiger charge is -2.31. The maximum absolute atomic E-state index is 6.30. The van der Waals surface area contributed by atoms with E-state index in [1.54, 1.807) is 5.56 Å². The Labute approximate surface area is 148 Å². The maximum Gasteiger partial charge on any atom is 0.0951 e. The van der Waals surface area contributed by atoms with Gasteiger partial charge in [-0.25, -0.2) is 0 Å². The summed E-state index contributed by atoms with van der Waals surface area (Å²) in [6.45, 7) is 6.67. The molecule has 0 radical (unpaired) electrons. The van der Waals surface area contributed by atoms with Crippen LogP contribution in [0.3, 0.4) is 0 Å². The van der Waals surface area contributed by atoms with Gasteiger partial charge >= 0.3 is 0 Å². The zero-order valence-electron chi connectivity index (χ0n) is 15.5. The van der Waals surface area contributed by atoms with Gasteiger partial charge in [-0.3, -0.25) is 0 Å². The third-order valence-corrected chi connectivity index (χ3v) is 5.82. The van der Waals surface area contributed by atoms with E-state index in [-0.39, 0.29) is 6.10 Å². The van der Waals surface area contributed by atoms with Crippen LogP contribution in [0.5, 0.6) is 0 Å². The Kier molecular flexibility index (Phi) is 7.16. The lowest BCUT2D eigenvalue weighted by Crippen LogP contribution is -2.34. The first kappa shape index (κ1) is 17.9. The number of nitrogens with zero attached hydrogens (tertiary/aromatic N) is 1. The highest BCUT2D eigenvalue weighted by Gasteiger charge is 2.20. The summed E-state index contributed by atoms with van der Waals surface area (Å²) in [4.78, 5) is 2.60. The molecule has 1 unspecified atom stereocenters. The van der Waals surface area contributed by atoms with Gasteiger partial charge in [-0.1, -0.05) is 56.9 Å². The molecule has 134 valence electrons. The van der Waals surface area contributed by atoms with E-state index in [0.717, 1.165) is 25.5 Å². The summed E-state index contributed by atoms with van der Waals surface area (Å²) in [6.07, 6.45) is 12.3. The Bertz CT molecular complexity index is 457. The van der Waals surface area contributed by atoms with Crippen molar-refractivity contribution in [2.24, 2.45) is 0 Å². The predicted molar refractivity (Wildman–Crippen MR) is 102 cm³/mol. The third-order valence-electron chi connectivity index (χ3n) is 5.82. The van der Waals surface area contributed by atoms with E-state index >= 15 is 0 Å². The molecular weight excluding hydrogens is 294 g/mol. The number of piperidine rings is 1. The second kappa shape index (κ2) is 9.58. The normalized spacial score (nSPS) is 21.2. The van der Waals surface area contributed by atoms with Gasteiger partial charge in [0.25, 0.3) is 0 Å². The van der Waals surface area contributed by atoms with Crippen molar-refractivity contribution in [3.05, 3.63) is 35.4 Å². The van der Waals surface area contributed by atoms with Crippen molar-refractivity contribution < 1.29 is 4.74 Å². The molecular formula is C22H35NO. The number of benzene rings is 1. The van der Waals surface area contributed by atoms with E-state index < -0.39 is 0 Å². The Morgan fingerprint density at radius 3 is 2.38 bits per heavy atom. The summed E-state index contributed by atoms with van der Waals surface area (Å²) < 4.78 is 6.30. The smallest absolute Gasteiger partial charge is 0.0951 e. The van der Waals surface area contributed by atoms with E-state index in [1.165, 1.54) is 70.0 Å². The van der Waals surface area contributed by atoms with E-state index in [1.807, 2.05) is 0 Å². The van der Waals surface area contributed by atoms with Crippen LogP contribution in [-0.4, -0.2) is 31.1 Å². The molecule has 1 saturated carbocycles. The van der Waals surface area contributed by atoms with Gasteiger partial charge in [-0.2, -0.15) is 0 Å². The van der Waals surface area contributed by atoms with Crippen LogP contribution in [-0.2, 0) is 4.74 Å². The molecule has 0 bridgehead atoms. The largest absolute Gasteiger partial charge is 0.372 e. The average Bonchev–Trinajstić information content (AvgIpc) is 3.17. The molecule has 2 heteroatoms. The second-order valence-electron chi connectivity index (χ2n) is 7.72. The Morgan fingerprint density at radius 1 is 1.00 bits per heavy atom. The van der Waals surface area contributed by atoms with Gasteiger partial charge in [-0.15, -0.1) is 0 Å². The van der Waals surface area contributed by atoms with Crippen LogP contribution in [0.15, 0.2) is 24.3 Å². The van der Waals surface area contributed by atoms with Gasteiger partial charge in [0.2, 0.25) is 0 Å². The molecule has 24 heavy (non-hydrogen) atoms. The number of hydrogen-bond acceptors (Lipinski definition) is 2. The minimum atomic E-state index is 0.243. The van der Waals surface area contributed by atoms with E-state index in [4.69, 9.17) is 4.74 Å². The zero-order chi connectivity index (χ0) is 16.6. The van der Waals surface area contributed by atoms with Crippen LogP contribution >= 0.6 is 0 Å². The molecule has 3 rings (SSSR count). The summed E-state index contributed by atoms with van der Waals surface area (Å²) in [6, 6.07) is 9.43. The van der Waals surface area contributed by atoms with Gasteiger partial charge in [0, 0.05) is 13.2 Å². The first-order valence-electron chi connectivity index (χ1n) is 10.3. The van der Waals surface area contributed by atoms with Crippen LogP contribution in [0, 0.1) is 0 Å². The summed E-state index contributed by atoms with van der Waals surface area (Å²) in [7, 11) is 0. The van der Waals surface area contributed by atoms with Gasteiger partial charge in [0.05, 0.1) is 6.10 Å². The van der Waals surface area contributed by atoms with E-state index in [2.05, 4.69) is 36.1 Å². The first-order chi connectivity index (χ1) is 11.9. The predicted octanol–water partition coefficient (Wildman–Crippen LogP) is 5.69. The van der Waals surface area contributed by atoms with Crippen LogP contribution in [0.1, 0.15) is 87.9 Å². The van der Waals surface area contributed by atoms with Crippen molar-refractivity contribution in [1.29, 1.82) is 0 Å². The maximum atomic E-state index is 6.30. The number of hydrogen-bond donors (Lipinski definition) is 0. The van der Waals surface area contributed by atoms with Gasteiger partial charge < -0.3 is 9.64 Å². The highest BCUT2D eigenvalue weighted by Crippen LogP contribution is 2.34. The lowest BCUT2D eigenvalue weighted by molar-refractivity contribution is 0.0192. The lowest BCUT2D eigenvalue weighted by atomic mass is 9.95. The summed E-state index contributed by atoms with van der Waals surface area (Å²) in [5.41, 5.74) is 2.92. The van der Waals surface area contributed by atoms with E-state index in [9.17, 15) is 0 Å². The van der Waals surface area contributed by atoms with Crippen molar-refractivity contribution in [3.63, 3.8) is 0 Å². The zero-order valence-corrected chi connectivity index (χ0v) is 15.5. The molecule has 0 spiro atoms. The van der Waals surface area contributed by atoms with Crippen LogP contribution in [0.4, 0.5) is 0 Å². The number of likely N-dealkylation sites (tertiary alicyclic amines) is 1. The summed E-state index contributed by atoms with van der Waals surface area (Å²) >= 11 is 0. The van der Waals surface area contributed by atoms with Crippen molar-refractivity contribution in [1.82, 2.24) is 4.90 Å². The van der Waals surface area contributed by atoms with Crippen molar-refractivity contribution in [2.75, 3.05) is 26.2 Å². The standard InChI is InChI=1S/C22H35NO/c1-2-3-17-24-22(18-23-15-7-4-8-16-23)21-13-11-20(12-14-21)19-9-5-6-10-19/h11-14,19,22H,2-10,15-18H2,1H3. The topological polar surface area (TPSA) is 12.5 Å². The summed E-state index contributed by atoms with van der Waals surface area (Å²) in [5, 5.41) is 0. The molecule has 2 fully saturated rings. The van der Waals surface area contributed by atoms with Crippen molar-refractivity contribution in [2.45, 2.75) is 76.7 Å². The van der Waals surface area contributed by atoms with Crippen LogP contribution < -0.4 is 0 Å². The second-order valence-corrected chi connectivity index (χ2v) is 7.72. The molecule has 0 N–H and O–H groups in total. The minimum absolute atomic E-state index is 0.243. The highest BCUT2D eigenvalue weighted by atomic mass is 16.5. The Hall–Kier alpha value is -0.860. The molecule has 1 aromatic carbocycles. The molecule has 1 aliphatic heterocycles. The molecule has 0 aromatic heterocycles. The van der Waals surface area contributed by atoms with Crippen LogP contribution in [0.2, 0.25) is 0 Å². The van der Waals surface area contributed by atoms with Gasteiger partial charge in [-0.05, 0) is 62.2 Å². The highest BCUT2D eigenvalue weighted by molar-refractivity contribution is 5.27.